The maximum Gasteiger partial charge on any atom is 0.258 e. The minimum Gasteiger partial charge on any atom is -0.497 e. The van der Waals surface area contributed by atoms with Gasteiger partial charge >= 0.3 is 0 Å². The van der Waals surface area contributed by atoms with Crippen LogP contribution < -0.4 is 30.0 Å². The molecule has 0 heterocycles. The van der Waals surface area contributed by atoms with Gasteiger partial charge in [0.2, 0.25) is 0 Å². The average molecular weight is 374 g/mol. The van der Waals surface area contributed by atoms with Gasteiger partial charge in [0, 0.05) is 6.54 Å². The minimum absolute atomic E-state index is 0.108. The van der Waals surface area contributed by atoms with Crippen LogP contribution in [0.2, 0.25) is 0 Å². The van der Waals surface area contributed by atoms with Gasteiger partial charge in [-0.05, 0) is 42.0 Å². The number of carbonyl (C=O) groups excluding carboxylic acids is 2. The Hall–Kier alpha value is -3.42. The predicted octanol–water partition coefficient (Wildman–Crippen LogP) is 1.26. The number of methoxy groups -OCH3 is 2. The summed E-state index contributed by atoms with van der Waals surface area (Å²) in [4.78, 5) is 22.7. The maximum absolute atomic E-state index is 11.9. The van der Waals surface area contributed by atoms with E-state index in [2.05, 4.69) is 5.32 Å². The molecule has 0 unspecified atom stereocenters. The molecule has 0 saturated carbocycles. The summed E-state index contributed by atoms with van der Waals surface area (Å²) in [6.07, 6.45) is 0. The molecule has 0 radical (unpaired) electrons. The number of ether oxygens (including phenoxy) is 4. The predicted molar refractivity (Wildman–Crippen MR) is 98.0 cm³/mol. The normalized spacial score (nSPS) is 10.0. The van der Waals surface area contributed by atoms with E-state index in [0.717, 1.165) is 5.56 Å². The lowest BCUT2D eigenvalue weighted by atomic mass is 10.2. The Bertz CT molecular complexity index is 776. The van der Waals surface area contributed by atoms with E-state index in [1.807, 2.05) is 0 Å². The molecule has 0 saturated heterocycles. The molecule has 0 aliphatic rings. The van der Waals surface area contributed by atoms with Crippen LogP contribution in [0.4, 0.5) is 0 Å². The Labute approximate surface area is 157 Å². The molecule has 8 nitrogen and oxygen atoms in total. The molecule has 3 N–H and O–H groups in total. The zero-order chi connectivity index (χ0) is 19.6. The van der Waals surface area contributed by atoms with E-state index >= 15 is 0 Å². The van der Waals surface area contributed by atoms with Crippen molar-refractivity contribution < 1.29 is 28.5 Å². The SMILES string of the molecule is COc1ccc(OCC(=O)NCc2ccc(OCC(N)=O)c(OC)c2)cc1. The van der Waals surface area contributed by atoms with Crippen molar-refractivity contribution in [2.24, 2.45) is 5.73 Å². The number of amides is 2. The summed E-state index contributed by atoms with van der Waals surface area (Å²) in [5.41, 5.74) is 5.86. The number of nitrogens with two attached hydrogens (primary N) is 1. The Morgan fingerprint density at radius 3 is 2.22 bits per heavy atom. The summed E-state index contributed by atoms with van der Waals surface area (Å²) in [7, 11) is 3.06. The third-order valence-corrected chi connectivity index (χ3v) is 3.52. The number of hydrogen-bond donors (Lipinski definition) is 2. The second-order valence-electron chi connectivity index (χ2n) is 5.48. The second-order valence-corrected chi connectivity index (χ2v) is 5.48. The zero-order valence-corrected chi connectivity index (χ0v) is 15.2. The fourth-order valence-corrected chi connectivity index (χ4v) is 2.16. The standard InChI is InChI=1S/C19H22N2O6/c1-24-14-4-6-15(7-5-14)26-12-19(23)21-10-13-3-8-16(17(9-13)25-2)27-11-18(20)22/h3-9H,10-12H2,1-2H3,(H2,20,22)(H,21,23). The van der Waals surface area contributed by atoms with Crippen LogP contribution in [-0.2, 0) is 16.1 Å². The Morgan fingerprint density at radius 2 is 1.59 bits per heavy atom. The van der Waals surface area contributed by atoms with E-state index < -0.39 is 5.91 Å². The van der Waals surface area contributed by atoms with Crippen LogP contribution in [0.3, 0.4) is 0 Å². The van der Waals surface area contributed by atoms with Gasteiger partial charge in [0.25, 0.3) is 11.8 Å². The van der Waals surface area contributed by atoms with Crippen LogP contribution in [0.15, 0.2) is 42.5 Å². The van der Waals surface area contributed by atoms with Gasteiger partial charge in [0.05, 0.1) is 14.2 Å². The Kier molecular flexibility index (Phi) is 7.30. The van der Waals surface area contributed by atoms with E-state index in [0.29, 0.717) is 23.0 Å². The third-order valence-electron chi connectivity index (χ3n) is 3.52. The van der Waals surface area contributed by atoms with Gasteiger partial charge in [-0.15, -0.1) is 0 Å². The third kappa shape index (κ3) is 6.43. The smallest absolute Gasteiger partial charge is 0.258 e. The minimum atomic E-state index is -0.578. The lowest BCUT2D eigenvalue weighted by Crippen LogP contribution is -2.28. The van der Waals surface area contributed by atoms with E-state index in [9.17, 15) is 9.59 Å². The molecule has 0 fully saturated rings. The molecule has 144 valence electrons. The van der Waals surface area contributed by atoms with Crippen LogP contribution in [0, 0.1) is 0 Å². The van der Waals surface area contributed by atoms with Gasteiger partial charge in [-0.25, -0.2) is 0 Å². The van der Waals surface area contributed by atoms with Crippen LogP contribution >= 0.6 is 0 Å². The number of primary amides is 1. The molecule has 0 bridgehead atoms. The van der Waals surface area contributed by atoms with Crippen molar-refractivity contribution in [2.45, 2.75) is 6.54 Å². The van der Waals surface area contributed by atoms with Crippen molar-refractivity contribution in [3.63, 3.8) is 0 Å². The quantitative estimate of drug-likeness (QED) is 0.648. The van der Waals surface area contributed by atoms with Crippen LogP contribution in [0.1, 0.15) is 5.56 Å². The van der Waals surface area contributed by atoms with Gasteiger partial charge in [-0.3, -0.25) is 9.59 Å². The highest BCUT2D eigenvalue weighted by Crippen LogP contribution is 2.28. The summed E-state index contributed by atoms with van der Waals surface area (Å²) in [6, 6.07) is 12.1. The summed E-state index contributed by atoms with van der Waals surface area (Å²) in [5.74, 6) is 1.28. The number of nitrogens with one attached hydrogen (secondary N) is 1. The van der Waals surface area contributed by atoms with Crippen LogP contribution in [0.5, 0.6) is 23.0 Å². The molecular weight excluding hydrogens is 352 g/mol. The van der Waals surface area contributed by atoms with Crippen LogP contribution in [-0.4, -0.2) is 39.2 Å². The monoisotopic (exact) mass is 374 g/mol. The second kappa shape index (κ2) is 9.91. The topological polar surface area (TPSA) is 109 Å². The van der Waals surface area contributed by atoms with Gasteiger partial charge in [-0.2, -0.15) is 0 Å². The molecule has 0 atom stereocenters. The fourth-order valence-electron chi connectivity index (χ4n) is 2.16. The zero-order valence-electron chi connectivity index (χ0n) is 15.2. The molecular formula is C19H22N2O6. The van der Waals surface area contributed by atoms with Gasteiger partial charge in [0.15, 0.2) is 24.7 Å². The molecule has 0 aliphatic carbocycles. The van der Waals surface area contributed by atoms with Crippen molar-refractivity contribution in [2.75, 3.05) is 27.4 Å². The summed E-state index contributed by atoms with van der Waals surface area (Å²) < 4.78 is 21.0. The van der Waals surface area contributed by atoms with Crippen molar-refractivity contribution >= 4 is 11.8 Å². The van der Waals surface area contributed by atoms with Gasteiger partial charge < -0.3 is 30.0 Å². The summed E-state index contributed by atoms with van der Waals surface area (Å²) in [6.45, 7) is -0.0598. The van der Waals surface area contributed by atoms with E-state index in [-0.39, 0.29) is 25.7 Å². The first-order valence-corrected chi connectivity index (χ1v) is 8.13. The number of rotatable bonds is 10. The van der Waals surface area contributed by atoms with Crippen molar-refractivity contribution in [3.8, 4) is 23.0 Å². The molecule has 2 amide bonds. The number of carbonyl (C=O) groups is 2. The number of hydrogen-bond acceptors (Lipinski definition) is 6. The Morgan fingerprint density at radius 1 is 0.889 bits per heavy atom. The van der Waals surface area contributed by atoms with E-state index in [1.54, 1.807) is 49.6 Å². The van der Waals surface area contributed by atoms with Crippen LogP contribution in [0.25, 0.3) is 0 Å². The lowest BCUT2D eigenvalue weighted by molar-refractivity contribution is -0.123. The first kappa shape index (κ1) is 19.9. The maximum atomic E-state index is 11.9. The van der Waals surface area contributed by atoms with Gasteiger partial charge in [0.1, 0.15) is 11.5 Å². The summed E-state index contributed by atoms with van der Waals surface area (Å²) >= 11 is 0. The first-order chi connectivity index (χ1) is 13.0. The number of benzene rings is 2. The largest absolute Gasteiger partial charge is 0.497 e. The Balaban J connectivity index is 1.83. The molecule has 2 rings (SSSR count). The first-order valence-electron chi connectivity index (χ1n) is 8.13. The van der Waals surface area contributed by atoms with E-state index in [1.165, 1.54) is 7.11 Å². The molecule has 8 heteroatoms. The van der Waals surface area contributed by atoms with E-state index in [4.69, 9.17) is 24.7 Å². The summed E-state index contributed by atoms with van der Waals surface area (Å²) in [5, 5.41) is 2.75. The van der Waals surface area contributed by atoms with Crippen molar-refractivity contribution in [1.29, 1.82) is 0 Å². The average Bonchev–Trinajstić information content (AvgIpc) is 2.69. The lowest BCUT2D eigenvalue weighted by Gasteiger charge is -2.12. The molecule has 2 aromatic carbocycles. The molecule has 0 spiro atoms. The van der Waals surface area contributed by atoms with Crippen molar-refractivity contribution in [3.05, 3.63) is 48.0 Å². The molecule has 0 aromatic heterocycles. The molecule has 2 aromatic rings. The van der Waals surface area contributed by atoms with Crippen molar-refractivity contribution in [1.82, 2.24) is 5.32 Å². The highest BCUT2D eigenvalue weighted by Gasteiger charge is 2.09. The highest BCUT2D eigenvalue weighted by molar-refractivity contribution is 5.77. The molecule has 0 aliphatic heterocycles. The van der Waals surface area contributed by atoms with Gasteiger partial charge in [-0.1, -0.05) is 6.07 Å². The highest BCUT2D eigenvalue weighted by atomic mass is 16.5. The molecule has 27 heavy (non-hydrogen) atoms. The fraction of sp³-hybridized carbons (Fsp3) is 0.263.